The lowest BCUT2D eigenvalue weighted by Gasteiger charge is -2.35. The SMILES string of the molecule is CC(=O)O.CC(=O)O.NC1(c2ccc(NCc3c(F)cccc3Cl)cc2)NN(C2CCNCC2)c2ncncc21. The highest BCUT2D eigenvalue weighted by molar-refractivity contribution is 6.31. The van der Waals surface area contributed by atoms with E-state index < -0.39 is 17.6 Å². The van der Waals surface area contributed by atoms with Crippen LogP contribution in [0.15, 0.2) is 55.0 Å². The zero-order chi connectivity index (χ0) is 29.3. The molecule has 0 spiro atoms. The Bertz CT molecular complexity index is 1270. The average molecular weight is 574 g/mol. The van der Waals surface area contributed by atoms with Gasteiger partial charge in [0.05, 0.1) is 5.56 Å². The maximum atomic E-state index is 14.0. The summed E-state index contributed by atoms with van der Waals surface area (Å²) in [6.45, 7) is 4.39. The van der Waals surface area contributed by atoms with Crippen LogP contribution in [-0.2, 0) is 21.8 Å². The Labute approximate surface area is 236 Å². The van der Waals surface area contributed by atoms with Crippen molar-refractivity contribution in [3.63, 3.8) is 0 Å². The number of anilines is 2. The Morgan fingerprint density at radius 2 is 1.77 bits per heavy atom. The largest absolute Gasteiger partial charge is 0.481 e. The van der Waals surface area contributed by atoms with Crippen molar-refractivity contribution in [3.05, 3.63) is 82.5 Å². The Morgan fingerprint density at radius 1 is 1.15 bits per heavy atom. The number of carboxylic acids is 2. The fourth-order valence-corrected chi connectivity index (χ4v) is 4.62. The maximum absolute atomic E-state index is 14.0. The first-order chi connectivity index (χ1) is 19.0. The zero-order valence-corrected chi connectivity index (χ0v) is 23.0. The highest BCUT2D eigenvalue weighted by atomic mass is 35.5. The predicted molar refractivity (Wildman–Crippen MR) is 150 cm³/mol. The van der Waals surface area contributed by atoms with Crippen LogP contribution in [0, 0.1) is 5.82 Å². The van der Waals surface area contributed by atoms with Gasteiger partial charge in [0, 0.05) is 48.9 Å². The molecule has 1 fully saturated rings. The van der Waals surface area contributed by atoms with Gasteiger partial charge in [-0.2, -0.15) is 0 Å². The molecule has 2 aromatic carbocycles. The van der Waals surface area contributed by atoms with Crippen molar-refractivity contribution >= 4 is 35.0 Å². The molecule has 2 aliphatic heterocycles. The molecule has 5 rings (SSSR count). The van der Waals surface area contributed by atoms with Crippen LogP contribution in [0.3, 0.4) is 0 Å². The van der Waals surface area contributed by atoms with E-state index in [4.69, 9.17) is 37.1 Å². The summed E-state index contributed by atoms with van der Waals surface area (Å²) >= 11 is 6.13. The first-order valence-electron chi connectivity index (χ1n) is 12.6. The van der Waals surface area contributed by atoms with Crippen LogP contribution in [0.25, 0.3) is 0 Å². The first kappa shape index (κ1) is 30.7. The summed E-state index contributed by atoms with van der Waals surface area (Å²) in [5, 5.41) is 24.0. The molecule has 7 N–H and O–H groups in total. The molecular weight excluding hydrogens is 541 g/mol. The predicted octanol–water partition coefficient (Wildman–Crippen LogP) is 3.30. The van der Waals surface area contributed by atoms with Gasteiger partial charge in [0.15, 0.2) is 5.82 Å². The van der Waals surface area contributed by atoms with Crippen molar-refractivity contribution in [1.29, 1.82) is 0 Å². The van der Waals surface area contributed by atoms with E-state index in [1.54, 1.807) is 24.7 Å². The molecule has 1 aromatic heterocycles. The number of hydrogen-bond acceptors (Lipinski definition) is 9. The van der Waals surface area contributed by atoms with Gasteiger partial charge >= 0.3 is 0 Å². The van der Waals surface area contributed by atoms with E-state index in [2.05, 4.69) is 31.0 Å². The van der Waals surface area contributed by atoms with Gasteiger partial charge in [-0.15, -0.1) is 0 Å². The van der Waals surface area contributed by atoms with Crippen LogP contribution in [-0.4, -0.2) is 51.3 Å². The maximum Gasteiger partial charge on any atom is 0.300 e. The molecule has 0 aliphatic carbocycles. The molecule has 13 heteroatoms. The molecule has 2 aliphatic rings. The number of halogens is 2. The van der Waals surface area contributed by atoms with Crippen LogP contribution < -0.4 is 26.8 Å². The smallest absolute Gasteiger partial charge is 0.300 e. The summed E-state index contributed by atoms with van der Waals surface area (Å²) in [4.78, 5) is 26.7. The summed E-state index contributed by atoms with van der Waals surface area (Å²) in [6, 6.07) is 12.8. The molecular formula is C27H33ClFN7O4. The van der Waals surface area contributed by atoms with Gasteiger partial charge in [-0.25, -0.2) is 19.8 Å². The number of benzene rings is 2. The Hall–Kier alpha value is -3.84. The lowest BCUT2D eigenvalue weighted by molar-refractivity contribution is -0.135. The Balaban J connectivity index is 0.000000490. The molecule has 0 saturated carbocycles. The van der Waals surface area contributed by atoms with Crippen LogP contribution in [0.1, 0.15) is 43.4 Å². The quantitative estimate of drug-likeness (QED) is 0.265. The number of carboxylic acid groups (broad SMARTS) is 2. The van der Waals surface area contributed by atoms with Crippen LogP contribution in [0.2, 0.25) is 5.02 Å². The minimum Gasteiger partial charge on any atom is -0.481 e. The van der Waals surface area contributed by atoms with Gasteiger partial charge in [0.1, 0.15) is 17.8 Å². The second-order valence-electron chi connectivity index (χ2n) is 9.20. The monoisotopic (exact) mass is 573 g/mol. The fourth-order valence-electron chi connectivity index (χ4n) is 4.39. The molecule has 40 heavy (non-hydrogen) atoms. The van der Waals surface area contributed by atoms with E-state index >= 15 is 0 Å². The lowest BCUT2D eigenvalue weighted by Crippen LogP contribution is -2.57. The number of fused-ring (bicyclic) bond motifs is 1. The van der Waals surface area contributed by atoms with E-state index in [9.17, 15) is 4.39 Å². The third-order valence-corrected chi connectivity index (χ3v) is 6.54. The first-order valence-corrected chi connectivity index (χ1v) is 12.9. The lowest BCUT2D eigenvalue weighted by atomic mass is 9.95. The fraction of sp³-hybridized carbons (Fsp3) is 0.333. The molecule has 0 bridgehead atoms. The molecule has 3 heterocycles. The van der Waals surface area contributed by atoms with Crippen molar-refractivity contribution in [3.8, 4) is 0 Å². The number of carbonyl (C=O) groups is 2. The number of aromatic nitrogens is 2. The zero-order valence-electron chi connectivity index (χ0n) is 22.2. The summed E-state index contributed by atoms with van der Waals surface area (Å²) in [7, 11) is 0. The highest BCUT2D eigenvalue weighted by Crippen LogP contribution is 2.38. The molecule has 1 saturated heterocycles. The third-order valence-electron chi connectivity index (χ3n) is 6.19. The van der Waals surface area contributed by atoms with Gasteiger partial charge in [0.2, 0.25) is 0 Å². The van der Waals surface area contributed by atoms with E-state index in [0.29, 0.717) is 16.6 Å². The van der Waals surface area contributed by atoms with E-state index in [0.717, 1.165) is 62.4 Å². The van der Waals surface area contributed by atoms with Gasteiger partial charge in [0.25, 0.3) is 11.9 Å². The van der Waals surface area contributed by atoms with Crippen molar-refractivity contribution in [2.45, 2.75) is 44.9 Å². The van der Waals surface area contributed by atoms with E-state index in [1.807, 2.05) is 24.3 Å². The molecule has 0 amide bonds. The Morgan fingerprint density at radius 3 is 2.38 bits per heavy atom. The number of nitrogens with zero attached hydrogens (tertiary/aromatic N) is 3. The van der Waals surface area contributed by atoms with Crippen molar-refractivity contribution in [1.82, 2.24) is 20.7 Å². The number of nitrogens with two attached hydrogens (primary N) is 1. The molecule has 1 unspecified atom stereocenters. The van der Waals surface area contributed by atoms with Gasteiger partial charge in [-0.3, -0.25) is 14.6 Å². The highest BCUT2D eigenvalue weighted by Gasteiger charge is 2.44. The van der Waals surface area contributed by atoms with Crippen LogP contribution in [0.4, 0.5) is 15.9 Å². The summed E-state index contributed by atoms with van der Waals surface area (Å²) in [6.07, 6.45) is 5.35. The van der Waals surface area contributed by atoms with Crippen molar-refractivity contribution in [2.24, 2.45) is 5.73 Å². The molecule has 1 atom stereocenters. The number of rotatable bonds is 5. The second kappa shape index (κ2) is 14.0. The average Bonchev–Trinajstić information content (AvgIpc) is 3.22. The van der Waals surface area contributed by atoms with Crippen LogP contribution >= 0.6 is 11.6 Å². The molecule has 11 nitrogen and oxygen atoms in total. The van der Waals surface area contributed by atoms with Crippen molar-refractivity contribution in [2.75, 3.05) is 23.4 Å². The summed E-state index contributed by atoms with van der Waals surface area (Å²) in [5.74, 6) is -1.17. The number of piperidine rings is 1. The number of nitrogens with one attached hydrogen (secondary N) is 3. The van der Waals surface area contributed by atoms with Gasteiger partial charge < -0.3 is 26.6 Å². The minimum atomic E-state index is -0.936. The van der Waals surface area contributed by atoms with Crippen molar-refractivity contribution < 1.29 is 24.2 Å². The molecule has 3 aromatic rings. The number of hydrazine groups is 1. The molecule has 0 radical (unpaired) electrons. The standard InChI is InChI=1S/C23H25ClFN7.2C2H4O2/c24-20-2-1-3-21(25)18(20)12-29-16-6-4-15(5-7-16)23(26)19-13-28-14-30-22(19)32(31-23)17-8-10-27-11-9-17;2*1-2(3)4/h1-7,13-14,17,27,29,31H,8-12,26H2;2*1H3,(H,3,4). The minimum absolute atomic E-state index is 0.289. The topological polar surface area (TPSA) is 166 Å². The third kappa shape index (κ3) is 7.85. The summed E-state index contributed by atoms with van der Waals surface area (Å²) < 4.78 is 14.0. The van der Waals surface area contributed by atoms with Gasteiger partial charge in [-0.1, -0.05) is 29.8 Å². The molecule has 214 valence electrons. The Kier molecular flexibility index (Phi) is 10.7. The van der Waals surface area contributed by atoms with E-state index in [1.165, 1.54) is 6.07 Å². The second-order valence-corrected chi connectivity index (χ2v) is 9.61. The number of hydrogen-bond donors (Lipinski definition) is 6. The normalized spacial score (nSPS) is 18.0. The number of aliphatic carboxylic acids is 2. The van der Waals surface area contributed by atoms with Crippen LogP contribution in [0.5, 0.6) is 0 Å². The van der Waals surface area contributed by atoms with Gasteiger partial charge in [-0.05, 0) is 55.8 Å². The van der Waals surface area contributed by atoms with E-state index in [-0.39, 0.29) is 12.4 Å². The summed E-state index contributed by atoms with van der Waals surface area (Å²) in [5.41, 5.74) is 12.5.